The number of benzene rings is 4. The maximum absolute atomic E-state index is 2.40. The molecule has 164 valence electrons. The molecule has 0 aromatic heterocycles. The molecule has 0 saturated carbocycles. The molecule has 2 atom stereocenters. The molecule has 0 amide bonds. The molecule has 0 aliphatic heterocycles. The molecule has 4 aromatic carbocycles. The summed E-state index contributed by atoms with van der Waals surface area (Å²) in [6.07, 6.45) is 0. The van der Waals surface area contributed by atoms with Gasteiger partial charge in [-0.1, -0.05) is 139 Å². The van der Waals surface area contributed by atoms with E-state index in [1.54, 1.807) is 0 Å². The van der Waals surface area contributed by atoms with E-state index < -0.39 is 15.8 Å². The number of fused-ring (bicyclic) bond motifs is 1. The van der Waals surface area contributed by atoms with Crippen molar-refractivity contribution in [2.75, 3.05) is 0 Å². The smallest absolute Gasteiger partial charge is 0.00229 e. The Morgan fingerprint density at radius 2 is 0.812 bits per heavy atom. The van der Waals surface area contributed by atoms with Gasteiger partial charge in [0.2, 0.25) is 0 Å². The Morgan fingerprint density at radius 3 is 1.16 bits per heavy atom. The molecule has 0 aliphatic rings. The average molecular weight is 457 g/mol. The second-order valence-corrected chi connectivity index (χ2v) is 16.4. The third-order valence-corrected chi connectivity index (χ3v) is 11.7. The van der Waals surface area contributed by atoms with Gasteiger partial charge in [0.1, 0.15) is 0 Å². The lowest BCUT2D eigenvalue weighted by molar-refractivity contribution is 0.793. The molecule has 0 spiro atoms. The van der Waals surface area contributed by atoms with E-state index in [0.717, 1.165) is 0 Å². The second-order valence-electron chi connectivity index (χ2n) is 10.3. The first kappa shape index (κ1) is 23.2. The fourth-order valence-electron chi connectivity index (χ4n) is 4.60. The van der Waals surface area contributed by atoms with Crippen LogP contribution in [0.15, 0.2) is 97.1 Å². The molecule has 0 aliphatic carbocycles. The maximum Gasteiger partial charge on any atom is -0.00229 e. The van der Waals surface area contributed by atoms with E-state index in [1.165, 1.54) is 32.0 Å². The molecule has 0 bridgehead atoms. The van der Waals surface area contributed by atoms with Gasteiger partial charge < -0.3 is 0 Å². The van der Waals surface area contributed by atoms with Gasteiger partial charge in [0.15, 0.2) is 0 Å². The standard InChI is InChI=1S/C30H34P2/c1-29(2,3)31(24-17-9-7-10-18-24)26-21-13-15-23-16-14-22-27(28(23)26)32(30(4,5)6)25-19-11-8-12-20-25/h7-22H,1-6H3. The molecule has 4 rings (SSSR count). The van der Waals surface area contributed by atoms with Crippen LogP contribution in [0.4, 0.5) is 0 Å². The first-order valence-electron chi connectivity index (χ1n) is 11.4. The monoisotopic (exact) mass is 456 g/mol. The Labute approximate surface area is 196 Å². The number of hydrogen-bond donors (Lipinski definition) is 0. The van der Waals surface area contributed by atoms with Crippen molar-refractivity contribution >= 4 is 47.8 Å². The minimum absolute atomic E-state index is 0.162. The Kier molecular flexibility index (Phi) is 6.58. The summed E-state index contributed by atoms with van der Waals surface area (Å²) >= 11 is 0. The fourth-order valence-corrected chi connectivity index (χ4v) is 10.6. The predicted octanol–water partition coefficient (Wildman–Crippen LogP) is 7.30. The Balaban J connectivity index is 2.05. The number of hydrogen-bond acceptors (Lipinski definition) is 0. The summed E-state index contributed by atoms with van der Waals surface area (Å²) in [5.41, 5.74) is 0. The average Bonchev–Trinajstić information content (AvgIpc) is 2.74. The van der Waals surface area contributed by atoms with Crippen LogP contribution in [0.3, 0.4) is 0 Å². The van der Waals surface area contributed by atoms with Crippen molar-refractivity contribution in [2.45, 2.75) is 51.9 Å². The van der Waals surface area contributed by atoms with Crippen LogP contribution in [0, 0.1) is 0 Å². The summed E-state index contributed by atoms with van der Waals surface area (Å²) in [5.74, 6) is 0. The molecule has 4 aromatic rings. The van der Waals surface area contributed by atoms with Gasteiger partial charge in [-0.15, -0.1) is 0 Å². The molecule has 0 radical (unpaired) electrons. The lowest BCUT2D eigenvalue weighted by Gasteiger charge is -2.36. The summed E-state index contributed by atoms with van der Waals surface area (Å²) in [6, 6.07) is 36.2. The minimum atomic E-state index is -0.527. The van der Waals surface area contributed by atoms with Crippen LogP contribution in [0.25, 0.3) is 10.8 Å². The topological polar surface area (TPSA) is 0 Å². The van der Waals surface area contributed by atoms with Gasteiger partial charge in [-0.25, -0.2) is 0 Å². The van der Waals surface area contributed by atoms with Crippen molar-refractivity contribution in [3.05, 3.63) is 97.1 Å². The highest BCUT2D eigenvalue weighted by atomic mass is 31.1. The third kappa shape index (κ3) is 4.69. The van der Waals surface area contributed by atoms with Crippen LogP contribution in [0.1, 0.15) is 41.5 Å². The molecular formula is C30H34P2. The van der Waals surface area contributed by atoms with Gasteiger partial charge in [0, 0.05) is 0 Å². The normalized spacial score (nSPS) is 14.3. The van der Waals surface area contributed by atoms with Crippen molar-refractivity contribution in [3.8, 4) is 0 Å². The Bertz CT molecular complexity index is 1090. The van der Waals surface area contributed by atoms with E-state index in [9.17, 15) is 0 Å². The Morgan fingerprint density at radius 1 is 0.438 bits per heavy atom. The summed E-state index contributed by atoms with van der Waals surface area (Å²) in [7, 11) is -1.05. The van der Waals surface area contributed by atoms with Crippen LogP contribution < -0.4 is 21.2 Å². The lowest BCUT2D eigenvalue weighted by Crippen LogP contribution is -2.31. The first-order valence-corrected chi connectivity index (χ1v) is 14.1. The largest absolute Gasteiger partial charge is 0.0622 e. The van der Waals surface area contributed by atoms with Crippen molar-refractivity contribution in [2.24, 2.45) is 0 Å². The molecule has 0 fully saturated rings. The van der Waals surface area contributed by atoms with Gasteiger partial charge in [0.05, 0.1) is 0 Å². The van der Waals surface area contributed by atoms with Gasteiger partial charge in [-0.05, 0) is 58.1 Å². The zero-order valence-corrected chi connectivity index (χ0v) is 21.9. The van der Waals surface area contributed by atoms with Crippen LogP contribution in [-0.4, -0.2) is 10.3 Å². The highest BCUT2D eigenvalue weighted by Gasteiger charge is 2.33. The van der Waals surface area contributed by atoms with E-state index in [4.69, 9.17) is 0 Å². The van der Waals surface area contributed by atoms with Crippen molar-refractivity contribution in [1.29, 1.82) is 0 Å². The zero-order chi connectivity index (χ0) is 22.9. The highest BCUT2D eigenvalue weighted by Crippen LogP contribution is 2.52. The van der Waals surface area contributed by atoms with E-state index in [2.05, 4.69) is 139 Å². The van der Waals surface area contributed by atoms with Crippen LogP contribution in [-0.2, 0) is 0 Å². The molecule has 0 nitrogen and oxygen atoms in total. The summed E-state index contributed by atoms with van der Waals surface area (Å²) in [6.45, 7) is 14.4. The van der Waals surface area contributed by atoms with E-state index >= 15 is 0 Å². The quantitative estimate of drug-likeness (QED) is 0.283. The summed E-state index contributed by atoms with van der Waals surface area (Å²) < 4.78 is 0. The van der Waals surface area contributed by atoms with Crippen molar-refractivity contribution < 1.29 is 0 Å². The van der Waals surface area contributed by atoms with Gasteiger partial charge in [0.25, 0.3) is 0 Å². The highest BCUT2D eigenvalue weighted by molar-refractivity contribution is 7.76. The molecule has 0 saturated heterocycles. The van der Waals surface area contributed by atoms with Crippen LogP contribution in [0.5, 0.6) is 0 Å². The molecular weight excluding hydrogens is 422 g/mol. The van der Waals surface area contributed by atoms with E-state index in [1.807, 2.05) is 0 Å². The van der Waals surface area contributed by atoms with E-state index in [0.29, 0.717) is 0 Å². The molecule has 0 heterocycles. The molecule has 2 heteroatoms. The van der Waals surface area contributed by atoms with Crippen LogP contribution >= 0.6 is 15.8 Å². The van der Waals surface area contributed by atoms with E-state index in [-0.39, 0.29) is 10.3 Å². The van der Waals surface area contributed by atoms with Crippen LogP contribution in [0.2, 0.25) is 0 Å². The fraction of sp³-hybridized carbons (Fsp3) is 0.267. The van der Waals surface area contributed by atoms with Gasteiger partial charge in [-0.3, -0.25) is 0 Å². The van der Waals surface area contributed by atoms with Crippen molar-refractivity contribution in [1.82, 2.24) is 0 Å². The molecule has 32 heavy (non-hydrogen) atoms. The SMILES string of the molecule is CC(C)(C)P(c1ccccc1)c1cccc2cccc(P(c3ccccc3)C(C)(C)C)c12. The Hall–Kier alpha value is -2.00. The second kappa shape index (κ2) is 9.09. The number of rotatable bonds is 4. The lowest BCUT2D eigenvalue weighted by atomic mass is 10.1. The third-order valence-electron chi connectivity index (χ3n) is 5.71. The first-order chi connectivity index (χ1) is 15.2. The maximum atomic E-state index is 2.40. The summed E-state index contributed by atoms with van der Waals surface area (Å²) in [5, 5.41) is 9.10. The van der Waals surface area contributed by atoms with Gasteiger partial charge in [-0.2, -0.15) is 0 Å². The van der Waals surface area contributed by atoms with Gasteiger partial charge >= 0.3 is 0 Å². The molecule has 2 unspecified atom stereocenters. The minimum Gasteiger partial charge on any atom is -0.0622 e. The summed E-state index contributed by atoms with van der Waals surface area (Å²) in [4.78, 5) is 0. The predicted molar refractivity (Wildman–Crippen MR) is 149 cm³/mol. The zero-order valence-electron chi connectivity index (χ0n) is 20.1. The molecule has 0 N–H and O–H groups in total. The van der Waals surface area contributed by atoms with Crippen molar-refractivity contribution in [3.63, 3.8) is 0 Å².